The smallest absolute Gasteiger partial charge is 0.351 e. The van der Waals surface area contributed by atoms with E-state index in [0.29, 0.717) is 42.8 Å². The molecule has 0 amide bonds. The van der Waals surface area contributed by atoms with Gasteiger partial charge >= 0.3 is 5.97 Å². The van der Waals surface area contributed by atoms with Gasteiger partial charge in [-0.3, -0.25) is 9.59 Å². The molecule has 8 unspecified atom stereocenters. The Balaban J connectivity index is 1.20. The Bertz CT molecular complexity index is 1510. The highest BCUT2D eigenvalue weighted by molar-refractivity contribution is 6.23. The zero-order valence-corrected chi connectivity index (χ0v) is 27.3. The molecule has 6 nitrogen and oxygen atoms in total. The van der Waals surface area contributed by atoms with Crippen molar-refractivity contribution < 1.29 is 29.0 Å². The number of alkyl halides is 1. The quantitative estimate of drug-likeness (QED) is 0.297. The third-order valence-electron chi connectivity index (χ3n) is 13.8. The van der Waals surface area contributed by atoms with E-state index in [1.54, 1.807) is 13.8 Å². The average Bonchev–Trinajstić information content (AvgIpc) is 3.72. The van der Waals surface area contributed by atoms with Gasteiger partial charge in [0.25, 0.3) is 0 Å². The molecular weight excluding hydrogens is 564 g/mol. The lowest BCUT2D eigenvalue weighted by atomic mass is 9.46. The molecule has 1 heterocycles. The van der Waals surface area contributed by atoms with Gasteiger partial charge in [0.1, 0.15) is 11.5 Å². The lowest BCUT2D eigenvalue weighted by molar-refractivity contribution is -0.201. The van der Waals surface area contributed by atoms with Crippen molar-refractivity contribution in [3.63, 3.8) is 0 Å². The summed E-state index contributed by atoms with van der Waals surface area (Å²) in [5, 5.41) is 10.4. The molecule has 0 aromatic heterocycles. The van der Waals surface area contributed by atoms with Crippen LogP contribution in [0.25, 0.3) is 0 Å². The van der Waals surface area contributed by atoms with E-state index in [1.807, 2.05) is 26.8 Å². The molecule has 4 fully saturated rings. The summed E-state index contributed by atoms with van der Waals surface area (Å²) in [5.74, 6) is 2.04. The minimum Gasteiger partial charge on any atom is -0.507 e. The first kappa shape index (κ1) is 29.4. The van der Waals surface area contributed by atoms with Crippen LogP contribution >= 0.6 is 11.6 Å². The normalized spacial score (nSPS) is 44.1. The third kappa shape index (κ3) is 3.62. The predicted molar refractivity (Wildman–Crippen MR) is 163 cm³/mol. The first-order valence-corrected chi connectivity index (χ1v) is 16.7. The molecule has 10 atom stereocenters. The summed E-state index contributed by atoms with van der Waals surface area (Å²) in [7, 11) is 0. The van der Waals surface area contributed by atoms with E-state index < -0.39 is 22.6 Å². The number of phenolic OH excluding ortho intramolecular Hbond substituents is 1. The van der Waals surface area contributed by atoms with Crippen LogP contribution in [-0.2, 0) is 25.5 Å². The maximum absolute atomic E-state index is 14.2. The number of ketones is 2. The Morgan fingerprint density at radius 2 is 1.67 bits per heavy atom. The average molecular weight is 609 g/mol. The van der Waals surface area contributed by atoms with Gasteiger partial charge in [0, 0.05) is 23.3 Å². The Labute approximate surface area is 259 Å². The highest BCUT2D eigenvalue weighted by Gasteiger charge is 2.71. The summed E-state index contributed by atoms with van der Waals surface area (Å²) < 4.78 is 13.0. The number of allylic oxidation sites excluding steroid dienone is 1. The number of hydrogen-bond donors (Lipinski definition) is 1. The number of fused-ring (bicyclic) bond motifs is 8. The molecule has 232 valence electrons. The number of esters is 1. The summed E-state index contributed by atoms with van der Waals surface area (Å²) in [5.41, 5.74) is 1.38. The van der Waals surface area contributed by atoms with Crippen molar-refractivity contribution >= 4 is 29.1 Å². The highest BCUT2D eigenvalue weighted by Crippen LogP contribution is 2.73. The van der Waals surface area contributed by atoms with Crippen molar-refractivity contribution in [3.8, 4) is 11.5 Å². The van der Waals surface area contributed by atoms with Gasteiger partial charge in [0.2, 0.25) is 5.60 Å². The Hall–Kier alpha value is -2.34. The Morgan fingerprint density at radius 3 is 2.37 bits per heavy atom. The number of carbonyl (C=O) groups excluding carboxylic acids is 3. The number of carbonyl (C=O) groups is 3. The van der Waals surface area contributed by atoms with Crippen LogP contribution < -0.4 is 4.74 Å². The number of halogens is 1. The van der Waals surface area contributed by atoms with Crippen LogP contribution in [0.4, 0.5) is 0 Å². The Kier molecular flexibility index (Phi) is 6.22. The molecule has 7 heteroatoms. The van der Waals surface area contributed by atoms with E-state index in [-0.39, 0.29) is 39.9 Å². The van der Waals surface area contributed by atoms with E-state index >= 15 is 0 Å². The maximum Gasteiger partial charge on any atom is 0.351 e. The summed E-state index contributed by atoms with van der Waals surface area (Å²) in [6, 6.07) is 0. The summed E-state index contributed by atoms with van der Waals surface area (Å²) in [6.45, 7) is 13.5. The van der Waals surface area contributed by atoms with Crippen LogP contribution in [0.2, 0.25) is 0 Å². The minimum atomic E-state index is -1.24. The number of rotatable bonds is 3. The summed E-state index contributed by atoms with van der Waals surface area (Å²) in [6.07, 6.45) is 7.66. The molecule has 1 aliphatic heterocycles. The standard InChI is InChI=1S/C36H45ClO6/c1-17-18(2)31-21(19(3)30(17)40)8-12-34(6,42-31)32(41)43-36(20(4)38)13-10-24-22-15-28(37)27-16-29(39)23-14-26(23)35(27,7)25(22)9-11-33(24,36)5/h16,22-26,28,40H,8-15H2,1-7H3/t22?,23?,24?,25?,26-,28?,33?,34?,35?,36-/m0/s1. The van der Waals surface area contributed by atoms with Crippen molar-refractivity contribution in [1.29, 1.82) is 0 Å². The molecule has 0 saturated heterocycles. The first-order chi connectivity index (χ1) is 20.1. The van der Waals surface area contributed by atoms with Gasteiger partial charge < -0.3 is 14.6 Å². The molecule has 5 aliphatic carbocycles. The molecule has 4 saturated carbocycles. The van der Waals surface area contributed by atoms with Gasteiger partial charge in [-0.15, -0.1) is 11.6 Å². The Morgan fingerprint density at radius 1 is 0.977 bits per heavy atom. The molecule has 0 spiro atoms. The largest absolute Gasteiger partial charge is 0.507 e. The number of hydrogen-bond acceptors (Lipinski definition) is 6. The van der Waals surface area contributed by atoms with E-state index in [2.05, 4.69) is 13.8 Å². The first-order valence-electron chi connectivity index (χ1n) is 16.3. The van der Waals surface area contributed by atoms with Crippen LogP contribution in [0.5, 0.6) is 11.5 Å². The van der Waals surface area contributed by atoms with E-state index in [1.165, 1.54) is 0 Å². The van der Waals surface area contributed by atoms with Gasteiger partial charge in [-0.2, -0.15) is 0 Å². The topological polar surface area (TPSA) is 89.9 Å². The van der Waals surface area contributed by atoms with E-state index in [4.69, 9.17) is 21.1 Å². The predicted octanol–water partition coefficient (Wildman–Crippen LogP) is 6.88. The monoisotopic (exact) mass is 608 g/mol. The van der Waals surface area contributed by atoms with Gasteiger partial charge in [-0.25, -0.2) is 4.79 Å². The lowest BCUT2D eigenvalue weighted by Crippen LogP contribution is -2.61. The van der Waals surface area contributed by atoms with Gasteiger partial charge in [-0.1, -0.05) is 13.8 Å². The second-order valence-electron chi connectivity index (χ2n) is 15.4. The maximum atomic E-state index is 14.2. The van der Waals surface area contributed by atoms with Crippen LogP contribution in [0.1, 0.15) is 94.9 Å². The van der Waals surface area contributed by atoms with Crippen LogP contribution in [0, 0.1) is 61.2 Å². The third-order valence-corrected chi connectivity index (χ3v) is 14.2. The van der Waals surface area contributed by atoms with Crippen LogP contribution in [0.3, 0.4) is 0 Å². The zero-order valence-electron chi connectivity index (χ0n) is 26.6. The SMILES string of the molecule is CC(=O)[C@@]1(OC(=O)C2(C)CCc3c(C)c(O)c(C)c(C)c3O2)CCC2C3CC(Cl)C4=CC(=O)C5C[C@@H]5C4(C)C3CCC21C. The molecule has 43 heavy (non-hydrogen) atoms. The molecule has 0 bridgehead atoms. The number of benzene rings is 1. The molecule has 1 aromatic carbocycles. The highest BCUT2D eigenvalue weighted by atomic mass is 35.5. The second kappa shape index (κ2) is 9.11. The fourth-order valence-electron chi connectivity index (χ4n) is 10.9. The molecule has 1 aromatic rings. The second-order valence-corrected chi connectivity index (χ2v) is 16.0. The van der Waals surface area contributed by atoms with Crippen molar-refractivity contribution in [2.24, 2.45) is 40.4 Å². The number of aromatic hydroxyl groups is 1. The van der Waals surface area contributed by atoms with Crippen molar-refractivity contribution in [2.45, 2.75) is 116 Å². The number of ether oxygens (including phenoxy) is 2. The van der Waals surface area contributed by atoms with Crippen molar-refractivity contribution in [3.05, 3.63) is 33.9 Å². The summed E-state index contributed by atoms with van der Waals surface area (Å²) in [4.78, 5) is 40.6. The van der Waals surface area contributed by atoms with E-state index in [0.717, 1.165) is 59.9 Å². The summed E-state index contributed by atoms with van der Waals surface area (Å²) >= 11 is 7.10. The molecule has 0 radical (unpaired) electrons. The molecular formula is C36H45ClO6. The van der Waals surface area contributed by atoms with Crippen molar-refractivity contribution in [1.82, 2.24) is 0 Å². The van der Waals surface area contributed by atoms with Gasteiger partial charge in [0.05, 0.1) is 5.38 Å². The zero-order chi connectivity index (χ0) is 31.0. The minimum absolute atomic E-state index is 0.0766. The van der Waals surface area contributed by atoms with Gasteiger partial charge in [0.15, 0.2) is 17.2 Å². The van der Waals surface area contributed by atoms with E-state index in [9.17, 15) is 19.5 Å². The molecule has 7 rings (SSSR count). The molecule has 1 N–H and O–H groups in total. The lowest BCUT2D eigenvalue weighted by Gasteiger charge is -2.60. The van der Waals surface area contributed by atoms with Crippen molar-refractivity contribution in [2.75, 3.05) is 0 Å². The van der Waals surface area contributed by atoms with Crippen LogP contribution in [0.15, 0.2) is 11.6 Å². The fraction of sp³-hybridized carbons (Fsp3) is 0.694. The fourth-order valence-corrected chi connectivity index (χ4v) is 11.4. The number of phenols is 1. The number of Topliss-reactive ketones (excluding diaryl/α,β-unsaturated/α-hetero) is 1. The van der Waals surface area contributed by atoms with Gasteiger partial charge in [-0.05, 0) is 137 Å². The molecule has 6 aliphatic rings. The van der Waals surface area contributed by atoms with Crippen LogP contribution in [-0.4, -0.2) is 39.2 Å².